The molecule has 0 heterocycles. The van der Waals surface area contributed by atoms with Crippen LogP contribution < -0.4 is 5.73 Å². The Morgan fingerprint density at radius 1 is 1.12 bits per heavy atom. The summed E-state index contributed by atoms with van der Waals surface area (Å²) in [6, 6.07) is 8.79. The van der Waals surface area contributed by atoms with E-state index < -0.39 is 0 Å². The Kier molecular flexibility index (Phi) is 6.95. The Labute approximate surface area is 106 Å². The summed E-state index contributed by atoms with van der Waals surface area (Å²) in [7, 11) is 0. The van der Waals surface area contributed by atoms with Crippen molar-refractivity contribution < 1.29 is 0 Å². The van der Waals surface area contributed by atoms with Crippen molar-refractivity contribution in [3.8, 4) is 0 Å². The summed E-state index contributed by atoms with van der Waals surface area (Å²) in [5, 5.41) is 0. The van der Waals surface area contributed by atoms with Crippen molar-refractivity contribution in [2.24, 2.45) is 5.73 Å². The molecule has 0 amide bonds. The van der Waals surface area contributed by atoms with E-state index >= 15 is 0 Å². The molecule has 1 heteroatoms. The minimum Gasteiger partial charge on any atom is -0.330 e. The second-order valence-electron chi connectivity index (χ2n) is 5.05. The van der Waals surface area contributed by atoms with Gasteiger partial charge in [-0.3, -0.25) is 0 Å². The van der Waals surface area contributed by atoms with Crippen molar-refractivity contribution in [3.63, 3.8) is 0 Å². The van der Waals surface area contributed by atoms with Crippen LogP contribution in [0.5, 0.6) is 0 Å². The molecular formula is C16H27N. The second kappa shape index (κ2) is 8.30. The van der Waals surface area contributed by atoms with Crippen LogP contribution in [0.3, 0.4) is 0 Å². The smallest absolute Gasteiger partial charge is 0.000824 e. The van der Waals surface area contributed by atoms with Crippen molar-refractivity contribution in [2.45, 2.75) is 58.3 Å². The summed E-state index contributed by atoms with van der Waals surface area (Å²) in [6.07, 6.45) is 7.98. The lowest BCUT2D eigenvalue weighted by Crippen LogP contribution is -2.12. The zero-order chi connectivity index (χ0) is 12.5. The molecule has 0 aliphatic heterocycles. The largest absolute Gasteiger partial charge is 0.330 e. The molecule has 1 aromatic carbocycles. The maximum Gasteiger partial charge on any atom is -0.000824 e. The SMILES string of the molecule is CCCCCCCC(CN)c1cccc(C)c1. The first-order chi connectivity index (χ1) is 8.27. The van der Waals surface area contributed by atoms with Gasteiger partial charge in [0, 0.05) is 0 Å². The van der Waals surface area contributed by atoms with Gasteiger partial charge < -0.3 is 5.73 Å². The molecule has 0 fully saturated rings. The van der Waals surface area contributed by atoms with E-state index in [4.69, 9.17) is 5.73 Å². The fourth-order valence-electron chi connectivity index (χ4n) is 2.34. The highest BCUT2D eigenvalue weighted by atomic mass is 14.5. The standard InChI is InChI=1S/C16H27N/c1-3-4-5-6-7-10-16(13-17)15-11-8-9-14(2)12-15/h8-9,11-12,16H,3-7,10,13,17H2,1-2H3. The summed E-state index contributed by atoms with van der Waals surface area (Å²) in [5.74, 6) is 0.552. The Bertz CT molecular complexity index is 306. The maximum absolute atomic E-state index is 5.90. The third kappa shape index (κ3) is 5.36. The maximum atomic E-state index is 5.90. The van der Waals surface area contributed by atoms with Crippen molar-refractivity contribution in [1.29, 1.82) is 0 Å². The minimum absolute atomic E-state index is 0.552. The summed E-state index contributed by atoms with van der Waals surface area (Å²) in [5.41, 5.74) is 8.65. The number of rotatable bonds is 8. The first-order valence-electron chi connectivity index (χ1n) is 7.04. The molecule has 1 rings (SSSR count). The first-order valence-corrected chi connectivity index (χ1v) is 7.04. The predicted molar refractivity (Wildman–Crippen MR) is 76.4 cm³/mol. The molecule has 0 aromatic heterocycles. The van der Waals surface area contributed by atoms with Gasteiger partial charge in [-0.2, -0.15) is 0 Å². The number of hydrogen-bond acceptors (Lipinski definition) is 1. The Morgan fingerprint density at radius 3 is 2.53 bits per heavy atom. The number of unbranched alkanes of at least 4 members (excludes halogenated alkanes) is 4. The fraction of sp³-hybridized carbons (Fsp3) is 0.625. The zero-order valence-electron chi connectivity index (χ0n) is 11.4. The van der Waals surface area contributed by atoms with E-state index in [9.17, 15) is 0 Å². The molecule has 0 saturated carbocycles. The van der Waals surface area contributed by atoms with Crippen LogP contribution in [0.2, 0.25) is 0 Å². The molecule has 17 heavy (non-hydrogen) atoms. The number of nitrogens with two attached hydrogens (primary N) is 1. The van der Waals surface area contributed by atoms with E-state index in [1.165, 1.54) is 49.7 Å². The lowest BCUT2D eigenvalue weighted by Gasteiger charge is -2.15. The molecule has 0 bridgehead atoms. The average Bonchev–Trinajstić information content (AvgIpc) is 2.34. The van der Waals surface area contributed by atoms with Crippen molar-refractivity contribution in [3.05, 3.63) is 35.4 Å². The monoisotopic (exact) mass is 233 g/mol. The highest BCUT2D eigenvalue weighted by molar-refractivity contribution is 5.25. The van der Waals surface area contributed by atoms with Crippen molar-refractivity contribution >= 4 is 0 Å². The number of hydrogen-bond donors (Lipinski definition) is 1. The molecule has 1 unspecified atom stereocenters. The number of aryl methyl sites for hydroxylation is 1. The van der Waals surface area contributed by atoms with Gasteiger partial charge in [0.1, 0.15) is 0 Å². The van der Waals surface area contributed by atoms with Gasteiger partial charge in [0.2, 0.25) is 0 Å². The van der Waals surface area contributed by atoms with Crippen molar-refractivity contribution in [1.82, 2.24) is 0 Å². The molecular weight excluding hydrogens is 206 g/mol. The van der Waals surface area contributed by atoms with E-state index in [1.54, 1.807) is 0 Å². The zero-order valence-corrected chi connectivity index (χ0v) is 11.4. The van der Waals surface area contributed by atoms with E-state index in [1.807, 2.05) is 0 Å². The van der Waals surface area contributed by atoms with Crippen molar-refractivity contribution in [2.75, 3.05) is 6.54 Å². The second-order valence-corrected chi connectivity index (χ2v) is 5.05. The molecule has 0 radical (unpaired) electrons. The summed E-state index contributed by atoms with van der Waals surface area (Å²) in [4.78, 5) is 0. The molecule has 0 spiro atoms. The van der Waals surface area contributed by atoms with E-state index in [0.29, 0.717) is 5.92 Å². The normalized spacial score (nSPS) is 12.6. The first kappa shape index (κ1) is 14.2. The van der Waals surface area contributed by atoms with Gasteiger partial charge >= 0.3 is 0 Å². The van der Waals surface area contributed by atoms with E-state index in [-0.39, 0.29) is 0 Å². The lowest BCUT2D eigenvalue weighted by molar-refractivity contribution is 0.549. The molecule has 2 N–H and O–H groups in total. The van der Waals surface area contributed by atoms with E-state index in [2.05, 4.69) is 38.1 Å². The minimum atomic E-state index is 0.552. The Morgan fingerprint density at radius 2 is 1.88 bits per heavy atom. The molecule has 0 aliphatic rings. The van der Waals surface area contributed by atoms with Gasteiger partial charge in [-0.15, -0.1) is 0 Å². The Hall–Kier alpha value is -0.820. The van der Waals surface area contributed by atoms with Gasteiger partial charge in [0.05, 0.1) is 0 Å². The quantitative estimate of drug-likeness (QED) is 0.662. The lowest BCUT2D eigenvalue weighted by atomic mass is 9.92. The van der Waals surface area contributed by atoms with Gasteiger partial charge in [-0.05, 0) is 31.4 Å². The van der Waals surface area contributed by atoms with Gasteiger partial charge in [0.15, 0.2) is 0 Å². The molecule has 0 aliphatic carbocycles. The van der Waals surface area contributed by atoms with Gasteiger partial charge in [-0.25, -0.2) is 0 Å². The topological polar surface area (TPSA) is 26.0 Å². The molecule has 0 saturated heterocycles. The van der Waals surface area contributed by atoms with Crippen LogP contribution in [-0.2, 0) is 0 Å². The van der Waals surface area contributed by atoms with Crippen LogP contribution in [0.25, 0.3) is 0 Å². The summed E-state index contributed by atoms with van der Waals surface area (Å²) < 4.78 is 0. The highest BCUT2D eigenvalue weighted by Gasteiger charge is 2.09. The Balaban J connectivity index is 2.38. The van der Waals surface area contributed by atoms with Gasteiger partial charge in [-0.1, -0.05) is 68.9 Å². The molecule has 1 atom stereocenters. The van der Waals surface area contributed by atoms with Crippen LogP contribution in [-0.4, -0.2) is 6.54 Å². The molecule has 96 valence electrons. The van der Waals surface area contributed by atoms with Crippen LogP contribution in [0, 0.1) is 6.92 Å². The fourth-order valence-corrected chi connectivity index (χ4v) is 2.34. The molecule has 1 aromatic rings. The average molecular weight is 233 g/mol. The third-order valence-electron chi connectivity index (χ3n) is 3.45. The third-order valence-corrected chi connectivity index (χ3v) is 3.45. The van der Waals surface area contributed by atoms with Crippen LogP contribution >= 0.6 is 0 Å². The van der Waals surface area contributed by atoms with Crippen LogP contribution in [0.1, 0.15) is 62.5 Å². The van der Waals surface area contributed by atoms with Crippen LogP contribution in [0.4, 0.5) is 0 Å². The predicted octanol–water partition coefficient (Wildman–Crippen LogP) is 4.40. The van der Waals surface area contributed by atoms with Gasteiger partial charge in [0.25, 0.3) is 0 Å². The van der Waals surface area contributed by atoms with E-state index in [0.717, 1.165) is 6.54 Å². The van der Waals surface area contributed by atoms with Crippen LogP contribution in [0.15, 0.2) is 24.3 Å². The summed E-state index contributed by atoms with van der Waals surface area (Å²) in [6.45, 7) is 5.19. The highest BCUT2D eigenvalue weighted by Crippen LogP contribution is 2.22. The number of benzene rings is 1. The molecule has 1 nitrogen and oxygen atoms in total. The summed E-state index contributed by atoms with van der Waals surface area (Å²) >= 11 is 0.